The summed E-state index contributed by atoms with van der Waals surface area (Å²) in [5.74, 6) is 0. The summed E-state index contributed by atoms with van der Waals surface area (Å²) >= 11 is 0. The average molecular weight is 214 g/mol. The molecule has 0 amide bonds. The molecule has 1 aromatic heterocycles. The van der Waals surface area contributed by atoms with Gasteiger partial charge in [-0.15, -0.1) is 0 Å². The molecule has 84 valence electrons. The molecule has 1 aromatic rings. The van der Waals surface area contributed by atoms with Crippen LogP contribution in [0.5, 0.6) is 0 Å². The van der Waals surface area contributed by atoms with E-state index in [4.69, 9.17) is 9.47 Å². The Labute approximate surface area is 86.7 Å². The molecule has 15 heavy (non-hydrogen) atoms. The molecule has 0 N–H and O–H groups in total. The number of rotatable bonds is 4. The van der Waals surface area contributed by atoms with Crippen LogP contribution in [0.1, 0.15) is 0 Å². The van der Waals surface area contributed by atoms with Gasteiger partial charge in [-0.3, -0.25) is 9.59 Å². The summed E-state index contributed by atoms with van der Waals surface area (Å²) in [6, 6.07) is 0. The molecule has 0 aromatic carbocycles. The van der Waals surface area contributed by atoms with Crippen molar-refractivity contribution in [1.82, 2.24) is 9.13 Å². The molecule has 0 bridgehead atoms. The second-order valence-electron chi connectivity index (χ2n) is 3.07. The van der Waals surface area contributed by atoms with Gasteiger partial charge in [0, 0.05) is 33.7 Å². The lowest BCUT2D eigenvalue weighted by Crippen LogP contribution is -2.41. The minimum absolute atomic E-state index is 0.196. The van der Waals surface area contributed by atoms with E-state index in [-0.39, 0.29) is 6.54 Å². The molecular formula is C9H14N2O4. The summed E-state index contributed by atoms with van der Waals surface area (Å²) < 4.78 is 12.4. The Bertz CT molecular complexity index is 430. The lowest BCUT2D eigenvalue weighted by Gasteiger charge is -2.14. The second-order valence-corrected chi connectivity index (χ2v) is 3.07. The van der Waals surface area contributed by atoms with Gasteiger partial charge >= 0.3 is 11.1 Å². The Morgan fingerprint density at radius 2 is 1.80 bits per heavy atom. The van der Waals surface area contributed by atoms with Crippen molar-refractivity contribution in [3.8, 4) is 0 Å². The maximum atomic E-state index is 11.5. The molecular weight excluding hydrogens is 200 g/mol. The Morgan fingerprint density at radius 1 is 1.20 bits per heavy atom. The molecule has 0 saturated heterocycles. The van der Waals surface area contributed by atoms with Crippen molar-refractivity contribution in [3.05, 3.63) is 33.1 Å². The van der Waals surface area contributed by atoms with Crippen molar-refractivity contribution in [3.63, 3.8) is 0 Å². The lowest BCUT2D eigenvalue weighted by atomic mass is 10.5. The topological polar surface area (TPSA) is 62.5 Å². The molecule has 1 heterocycles. The smallest absolute Gasteiger partial charge is 0.316 e. The number of methoxy groups -OCH3 is 2. The fraction of sp³-hybridized carbons (Fsp3) is 0.556. The number of hydrogen-bond donors (Lipinski definition) is 0. The van der Waals surface area contributed by atoms with E-state index in [2.05, 4.69) is 0 Å². The van der Waals surface area contributed by atoms with E-state index in [0.717, 1.165) is 0 Å². The van der Waals surface area contributed by atoms with Crippen LogP contribution in [0, 0.1) is 0 Å². The number of nitrogens with zero attached hydrogens (tertiary/aromatic N) is 2. The van der Waals surface area contributed by atoms with Crippen molar-refractivity contribution in [2.24, 2.45) is 7.05 Å². The van der Waals surface area contributed by atoms with Crippen LogP contribution >= 0.6 is 0 Å². The van der Waals surface area contributed by atoms with Crippen LogP contribution in [-0.4, -0.2) is 29.6 Å². The van der Waals surface area contributed by atoms with Gasteiger partial charge in [-0.2, -0.15) is 0 Å². The van der Waals surface area contributed by atoms with E-state index in [9.17, 15) is 9.59 Å². The van der Waals surface area contributed by atoms with E-state index in [1.807, 2.05) is 0 Å². The zero-order chi connectivity index (χ0) is 11.4. The molecule has 6 nitrogen and oxygen atoms in total. The van der Waals surface area contributed by atoms with E-state index in [1.54, 1.807) is 0 Å². The first-order chi connectivity index (χ1) is 7.10. The molecule has 0 fully saturated rings. The van der Waals surface area contributed by atoms with Crippen LogP contribution in [0.25, 0.3) is 0 Å². The van der Waals surface area contributed by atoms with E-state index >= 15 is 0 Å². The molecule has 0 aliphatic heterocycles. The van der Waals surface area contributed by atoms with Gasteiger partial charge in [-0.05, 0) is 0 Å². The SMILES string of the molecule is COC(Cn1ccn(C)c(=O)c1=O)OC. The Kier molecular flexibility index (Phi) is 3.81. The highest BCUT2D eigenvalue weighted by Gasteiger charge is 2.09. The highest BCUT2D eigenvalue weighted by molar-refractivity contribution is 4.84. The highest BCUT2D eigenvalue weighted by atomic mass is 16.7. The summed E-state index contributed by atoms with van der Waals surface area (Å²) in [6.07, 6.45) is 2.51. The zero-order valence-electron chi connectivity index (χ0n) is 8.97. The Morgan fingerprint density at radius 3 is 2.33 bits per heavy atom. The van der Waals surface area contributed by atoms with Gasteiger partial charge in [0.05, 0.1) is 6.54 Å². The molecule has 6 heteroatoms. The van der Waals surface area contributed by atoms with Gasteiger partial charge in [0.25, 0.3) is 0 Å². The Balaban J connectivity index is 3.02. The zero-order valence-corrected chi connectivity index (χ0v) is 8.97. The standard InChI is InChI=1S/C9H14N2O4/c1-10-4-5-11(9(13)8(10)12)6-7(14-2)15-3/h4-5,7H,6H2,1-3H3. The first-order valence-corrected chi connectivity index (χ1v) is 4.41. The van der Waals surface area contributed by atoms with Gasteiger partial charge in [-0.1, -0.05) is 0 Å². The van der Waals surface area contributed by atoms with Gasteiger partial charge < -0.3 is 18.6 Å². The molecule has 0 atom stereocenters. The predicted octanol–water partition coefficient (Wildman–Crippen LogP) is -0.834. The van der Waals surface area contributed by atoms with E-state index in [0.29, 0.717) is 0 Å². The van der Waals surface area contributed by atoms with Crippen molar-refractivity contribution >= 4 is 0 Å². The number of hydrogen-bond acceptors (Lipinski definition) is 4. The van der Waals surface area contributed by atoms with Crippen molar-refractivity contribution in [2.45, 2.75) is 12.8 Å². The van der Waals surface area contributed by atoms with E-state index in [1.165, 1.54) is 42.8 Å². The van der Waals surface area contributed by atoms with Gasteiger partial charge in [-0.25, -0.2) is 0 Å². The number of aromatic nitrogens is 2. The maximum absolute atomic E-state index is 11.5. The van der Waals surface area contributed by atoms with Crippen LogP contribution < -0.4 is 11.1 Å². The number of aryl methyl sites for hydroxylation is 1. The van der Waals surface area contributed by atoms with Crippen LogP contribution in [0.4, 0.5) is 0 Å². The first kappa shape index (κ1) is 11.7. The fourth-order valence-electron chi connectivity index (χ4n) is 1.14. The number of ether oxygens (including phenoxy) is 2. The summed E-state index contributed by atoms with van der Waals surface area (Å²) in [5.41, 5.74) is -1.15. The quantitative estimate of drug-likeness (QED) is 0.484. The van der Waals surface area contributed by atoms with Crippen LogP contribution in [0.2, 0.25) is 0 Å². The molecule has 0 aliphatic carbocycles. The van der Waals surface area contributed by atoms with Gasteiger partial charge in [0.1, 0.15) is 0 Å². The summed E-state index contributed by atoms with van der Waals surface area (Å²) in [6.45, 7) is 0.196. The second kappa shape index (κ2) is 4.90. The third-order valence-electron chi connectivity index (χ3n) is 2.11. The van der Waals surface area contributed by atoms with Crippen molar-refractivity contribution in [1.29, 1.82) is 0 Å². The van der Waals surface area contributed by atoms with Gasteiger partial charge in [0.2, 0.25) is 0 Å². The summed E-state index contributed by atoms with van der Waals surface area (Å²) in [7, 11) is 4.47. The van der Waals surface area contributed by atoms with Crippen LogP contribution in [0.3, 0.4) is 0 Å². The monoisotopic (exact) mass is 214 g/mol. The molecule has 1 rings (SSSR count). The minimum Gasteiger partial charge on any atom is -0.354 e. The fourth-order valence-corrected chi connectivity index (χ4v) is 1.14. The summed E-state index contributed by atoms with van der Waals surface area (Å²) in [5, 5.41) is 0. The molecule has 0 radical (unpaired) electrons. The summed E-state index contributed by atoms with van der Waals surface area (Å²) in [4.78, 5) is 22.8. The molecule has 0 unspecified atom stereocenters. The van der Waals surface area contributed by atoms with Crippen molar-refractivity contribution < 1.29 is 9.47 Å². The van der Waals surface area contributed by atoms with E-state index < -0.39 is 17.4 Å². The Hall–Kier alpha value is -1.40. The predicted molar refractivity (Wildman–Crippen MR) is 53.7 cm³/mol. The maximum Gasteiger partial charge on any atom is 0.316 e. The third kappa shape index (κ3) is 2.54. The molecule has 0 saturated carbocycles. The highest BCUT2D eigenvalue weighted by Crippen LogP contribution is 1.93. The third-order valence-corrected chi connectivity index (χ3v) is 2.11. The first-order valence-electron chi connectivity index (χ1n) is 4.41. The van der Waals surface area contributed by atoms with Gasteiger partial charge in [0.15, 0.2) is 6.29 Å². The molecule has 0 spiro atoms. The minimum atomic E-state index is -0.584. The largest absolute Gasteiger partial charge is 0.354 e. The normalized spacial score (nSPS) is 10.9. The van der Waals surface area contributed by atoms with Crippen LogP contribution in [-0.2, 0) is 23.1 Å². The molecule has 0 aliphatic rings. The van der Waals surface area contributed by atoms with Crippen molar-refractivity contribution in [2.75, 3.05) is 14.2 Å². The van der Waals surface area contributed by atoms with Crippen LogP contribution in [0.15, 0.2) is 22.0 Å². The average Bonchev–Trinajstić information content (AvgIpc) is 2.25. The lowest BCUT2D eigenvalue weighted by molar-refractivity contribution is -0.111.